The summed E-state index contributed by atoms with van der Waals surface area (Å²) in [5.41, 5.74) is 1.18. The molecule has 3 rings (SSSR count). The Kier molecular flexibility index (Phi) is 4.41. The van der Waals surface area contributed by atoms with Gasteiger partial charge in [0.15, 0.2) is 0 Å². The number of ether oxygens (including phenoxy) is 2. The summed E-state index contributed by atoms with van der Waals surface area (Å²) in [6, 6.07) is 6.29. The van der Waals surface area contributed by atoms with Gasteiger partial charge in [-0.25, -0.2) is 0 Å². The lowest BCUT2D eigenvalue weighted by molar-refractivity contribution is 0.388. The largest absolute Gasteiger partial charge is 0.497 e. The highest BCUT2D eigenvalue weighted by atomic mass is 16.5. The molecule has 1 aromatic carbocycles. The average molecular weight is 316 g/mol. The number of nitrogens with zero attached hydrogens (tertiary/aromatic N) is 4. The van der Waals surface area contributed by atoms with E-state index in [9.17, 15) is 0 Å². The van der Waals surface area contributed by atoms with Crippen molar-refractivity contribution in [2.24, 2.45) is 0 Å². The molecule has 2 aromatic rings. The van der Waals surface area contributed by atoms with Crippen molar-refractivity contribution in [2.75, 3.05) is 25.7 Å². The Bertz CT molecular complexity index is 683. The van der Waals surface area contributed by atoms with Crippen LogP contribution in [0.4, 0.5) is 5.95 Å². The normalized spacial score (nSPS) is 17.6. The lowest BCUT2D eigenvalue weighted by Gasteiger charge is -2.27. The van der Waals surface area contributed by atoms with Crippen LogP contribution in [0, 0.1) is 6.92 Å². The topological polar surface area (TPSA) is 52.4 Å². The van der Waals surface area contributed by atoms with E-state index in [1.807, 2.05) is 19.1 Å². The summed E-state index contributed by atoms with van der Waals surface area (Å²) >= 11 is 0. The molecule has 1 unspecified atom stereocenters. The molecule has 0 saturated carbocycles. The van der Waals surface area contributed by atoms with E-state index < -0.39 is 0 Å². The van der Waals surface area contributed by atoms with E-state index in [-0.39, 0.29) is 6.04 Å². The Labute approximate surface area is 137 Å². The maximum Gasteiger partial charge on any atom is 0.227 e. The molecular formula is C17H24N4O2. The summed E-state index contributed by atoms with van der Waals surface area (Å²) in [5, 5.41) is 8.66. The second-order valence-electron chi connectivity index (χ2n) is 5.75. The molecule has 1 aromatic heterocycles. The van der Waals surface area contributed by atoms with Crippen molar-refractivity contribution >= 4 is 5.95 Å². The highest BCUT2D eigenvalue weighted by molar-refractivity contribution is 5.48. The van der Waals surface area contributed by atoms with Crippen LogP contribution in [0.2, 0.25) is 0 Å². The third kappa shape index (κ3) is 2.73. The smallest absolute Gasteiger partial charge is 0.227 e. The van der Waals surface area contributed by atoms with Gasteiger partial charge in [-0.15, -0.1) is 10.2 Å². The molecule has 1 atom stereocenters. The highest BCUT2D eigenvalue weighted by Gasteiger charge is 2.31. The number of aromatic nitrogens is 3. The zero-order valence-electron chi connectivity index (χ0n) is 14.2. The molecule has 0 bridgehead atoms. The third-order valence-electron chi connectivity index (χ3n) is 4.54. The SMILES string of the molecule is CCn1c(C)nnc1N1CCCC1c1ccc(OC)cc1OC. The van der Waals surface area contributed by atoms with Gasteiger partial charge < -0.3 is 14.4 Å². The first kappa shape index (κ1) is 15.6. The average Bonchev–Trinajstić information content (AvgIpc) is 3.19. The number of aryl methyl sites for hydroxylation is 1. The van der Waals surface area contributed by atoms with Crippen LogP contribution in [0.5, 0.6) is 11.5 Å². The van der Waals surface area contributed by atoms with E-state index in [2.05, 4.69) is 32.7 Å². The first-order valence-corrected chi connectivity index (χ1v) is 8.08. The second kappa shape index (κ2) is 6.48. The number of hydrogen-bond acceptors (Lipinski definition) is 5. The lowest BCUT2D eigenvalue weighted by Crippen LogP contribution is -2.26. The zero-order valence-corrected chi connectivity index (χ0v) is 14.2. The Balaban J connectivity index is 1.99. The maximum atomic E-state index is 5.60. The molecule has 124 valence electrons. The number of rotatable bonds is 5. The molecule has 6 heteroatoms. The Morgan fingerprint density at radius 1 is 1.22 bits per heavy atom. The number of anilines is 1. The van der Waals surface area contributed by atoms with Gasteiger partial charge in [0, 0.05) is 24.7 Å². The molecule has 1 fully saturated rings. The molecule has 1 aliphatic heterocycles. The van der Waals surface area contributed by atoms with Crippen LogP contribution in [0.3, 0.4) is 0 Å². The van der Waals surface area contributed by atoms with E-state index >= 15 is 0 Å². The fraction of sp³-hybridized carbons (Fsp3) is 0.529. The fourth-order valence-corrected chi connectivity index (χ4v) is 3.38. The lowest BCUT2D eigenvalue weighted by atomic mass is 10.0. The molecule has 2 heterocycles. The Hall–Kier alpha value is -2.24. The molecule has 23 heavy (non-hydrogen) atoms. The second-order valence-corrected chi connectivity index (χ2v) is 5.75. The third-order valence-corrected chi connectivity index (χ3v) is 4.54. The van der Waals surface area contributed by atoms with Crippen LogP contribution in [0.15, 0.2) is 18.2 Å². The van der Waals surface area contributed by atoms with Crippen LogP contribution >= 0.6 is 0 Å². The van der Waals surface area contributed by atoms with E-state index in [0.29, 0.717) is 0 Å². The summed E-state index contributed by atoms with van der Waals surface area (Å²) in [6.07, 6.45) is 2.22. The maximum absolute atomic E-state index is 5.60. The minimum Gasteiger partial charge on any atom is -0.497 e. The predicted molar refractivity (Wildman–Crippen MR) is 89.3 cm³/mol. The van der Waals surface area contributed by atoms with E-state index in [0.717, 1.165) is 49.2 Å². The summed E-state index contributed by atoms with van der Waals surface area (Å²) in [5.74, 6) is 3.57. The quantitative estimate of drug-likeness (QED) is 0.849. The molecule has 6 nitrogen and oxygen atoms in total. The van der Waals surface area contributed by atoms with Gasteiger partial charge >= 0.3 is 0 Å². The Morgan fingerprint density at radius 2 is 2.04 bits per heavy atom. The summed E-state index contributed by atoms with van der Waals surface area (Å²) in [6.45, 7) is 5.98. The molecule has 0 spiro atoms. The van der Waals surface area contributed by atoms with Gasteiger partial charge in [0.1, 0.15) is 17.3 Å². The van der Waals surface area contributed by atoms with Crippen LogP contribution in [0.1, 0.15) is 37.2 Å². The van der Waals surface area contributed by atoms with Crippen molar-refractivity contribution in [1.29, 1.82) is 0 Å². The van der Waals surface area contributed by atoms with Crippen molar-refractivity contribution in [1.82, 2.24) is 14.8 Å². The van der Waals surface area contributed by atoms with Gasteiger partial charge in [-0.1, -0.05) is 0 Å². The zero-order chi connectivity index (χ0) is 16.4. The fourth-order valence-electron chi connectivity index (χ4n) is 3.38. The number of methoxy groups -OCH3 is 2. The molecule has 0 N–H and O–H groups in total. The minimum atomic E-state index is 0.254. The van der Waals surface area contributed by atoms with Crippen LogP contribution in [-0.2, 0) is 6.54 Å². The van der Waals surface area contributed by atoms with E-state index in [1.54, 1.807) is 14.2 Å². The van der Waals surface area contributed by atoms with E-state index in [1.165, 1.54) is 5.56 Å². The van der Waals surface area contributed by atoms with Gasteiger partial charge in [0.2, 0.25) is 5.95 Å². The molecule has 0 radical (unpaired) electrons. The molecule has 0 aliphatic carbocycles. The van der Waals surface area contributed by atoms with Gasteiger partial charge in [0.25, 0.3) is 0 Å². The van der Waals surface area contributed by atoms with Crippen molar-refractivity contribution in [3.63, 3.8) is 0 Å². The summed E-state index contributed by atoms with van der Waals surface area (Å²) in [7, 11) is 3.37. The van der Waals surface area contributed by atoms with Crippen molar-refractivity contribution in [3.05, 3.63) is 29.6 Å². The first-order valence-electron chi connectivity index (χ1n) is 8.08. The summed E-state index contributed by atoms with van der Waals surface area (Å²) in [4.78, 5) is 2.34. The predicted octanol–water partition coefficient (Wildman–Crippen LogP) is 2.97. The minimum absolute atomic E-state index is 0.254. The summed E-state index contributed by atoms with van der Waals surface area (Å²) < 4.78 is 13.1. The van der Waals surface area contributed by atoms with Gasteiger partial charge in [-0.2, -0.15) is 0 Å². The molecule has 0 amide bonds. The Morgan fingerprint density at radius 3 is 2.74 bits per heavy atom. The van der Waals surface area contributed by atoms with Crippen molar-refractivity contribution in [2.45, 2.75) is 39.3 Å². The number of hydrogen-bond donors (Lipinski definition) is 0. The van der Waals surface area contributed by atoms with Crippen LogP contribution < -0.4 is 14.4 Å². The van der Waals surface area contributed by atoms with Gasteiger partial charge in [0.05, 0.1) is 20.3 Å². The van der Waals surface area contributed by atoms with Crippen molar-refractivity contribution < 1.29 is 9.47 Å². The van der Waals surface area contributed by atoms with Crippen molar-refractivity contribution in [3.8, 4) is 11.5 Å². The molecule has 1 saturated heterocycles. The van der Waals surface area contributed by atoms with Crippen LogP contribution in [0.25, 0.3) is 0 Å². The monoisotopic (exact) mass is 316 g/mol. The van der Waals surface area contributed by atoms with Crippen LogP contribution in [-0.4, -0.2) is 35.5 Å². The number of benzene rings is 1. The standard InChI is InChI=1S/C17H24N4O2/c1-5-20-12(2)18-19-17(20)21-10-6-7-15(21)14-9-8-13(22-3)11-16(14)23-4/h8-9,11,15H,5-7,10H2,1-4H3. The van der Waals surface area contributed by atoms with E-state index in [4.69, 9.17) is 9.47 Å². The highest BCUT2D eigenvalue weighted by Crippen LogP contribution is 2.40. The van der Waals surface area contributed by atoms with Gasteiger partial charge in [-0.05, 0) is 38.8 Å². The van der Waals surface area contributed by atoms with Gasteiger partial charge in [-0.3, -0.25) is 4.57 Å². The molecule has 1 aliphatic rings. The first-order chi connectivity index (χ1) is 11.2. The molecular weight excluding hydrogens is 292 g/mol.